The quantitative estimate of drug-likeness (QED) is 0.814. The Morgan fingerprint density at radius 3 is 2.52 bits per heavy atom. The predicted octanol–water partition coefficient (Wildman–Crippen LogP) is 2.93. The number of amides is 1. The molecule has 0 aromatic rings. The highest BCUT2D eigenvalue weighted by Gasteiger charge is 2.47. The molecule has 0 aliphatic carbocycles. The number of rotatable bonds is 3. The Morgan fingerprint density at radius 1 is 1.52 bits per heavy atom. The Balaban J connectivity index is 3.02. The first-order valence-electron chi connectivity index (χ1n) is 7.45. The summed E-state index contributed by atoms with van der Waals surface area (Å²) in [5.41, 5.74) is -0.366. The molecule has 1 amide bonds. The van der Waals surface area contributed by atoms with Gasteiger partial charge in [0.25, 0.3) is 0 Å². The predicted molar refractivity (Wildman–Crippen MR) is 81.9 cm³/mol. The van der Waals surface area contributed by atoms with E-state index in [0.29, 0.717) is 6.61 Å². The zero-order chi connectivity index (χ0) is 16.4. The lowest BCUT2D eigenvalue weighted by Gasteiger charge is -2.37. The highest BCUT2D eigenvalue weighted by molar-refractivity contribution is 5.70. The molecular formula is C16H29NO4. The molecule has 0 radical (unpaired) electrons. The zero-order valence-corrected chi connectivity index (χ0v) is 14.3. The summed E-state index contributed by atoms with van der Waals surface area (Å²) >= 11 is 0. The maximum absolute atomic E-state index is 12.5. The molecule has 122 valence electrons. The van der Waals surface area contributed by atoms with Crippen LogP contribution in [0.4, 0.5) is 4.79 Å². The van der Waals surface area contributed by atoms with Gasteiger partial charge in [0.2, 0.25) is 0 Å². The Morgan fingerprint density at radius 2 is 2.10 bits per heavy atom. The van der Waals surface area contributed by atoms with E-state index < -0.39 is 11.3 Å². The highest BCUT2D eigenvalue weighted by Crippen LogP contribution is 2.34. The van der Waals surface area contributed by atoms with E-state index >= 15 is 0 Å². The average Bonchev–Trinajstić information content (AvgIpc) is 2.64. The topological polar surface area (TPSA) is 59.0 Å². The van der Waals surface area contributed by atoms with Crippen LogP contribution in [0.3, 0.4) is 0 Å². The number of aliphatic hydroxyl groups is 1. The third-order valence-corrected chi connectivity index (χ3v) is 3.82. The number of carbonyl (C=O) groups excluding carboxylic acids is 1. The molecular weight excluding hydrogens is 270 g/mol. The molecule has 2 atom stereocenters. The smallest absolute Gasteiger partial charge is 0.412 e. The summed E-state index contributed by atoms with van der Waals surface area (Å²) < 4.78 is 11.3. The second kappa shape index (κ2) is 6.36. The number of hydrogen-bond acceptors (Lipinski definition) is 4. The third kappa shape index (κ3) is 4.20. The zero-order valence-electron chi connectivity index (χ0n) is 14.3. The average molecular weight is 299 g/mol. The van der Waals surface area contributed by atoms with Crippen molar-refractivity contribution in [1.29, 1.82) is 0 Å². The molecule has 5 heteroatoms. The first-order valence-corrected chi connectivity index (χ1v) is 7.45. The van der Waals surface area contributed by atoms with Crippen LogP contribution in [0.2, 0.25) is 0 Å². The minimum atomic E-state index is -0.713. The van der Waals surface area contributed by atoms with Crippen LogP contribution < -0.4 is 0 Å². The second-order valence-corrected chi connectivity index (χ2v) is 6.99. The monoisotopic (exact) mass is 299 g/mol. The molecule has 0 spiro atoms. The van der Waals surface area contributed by atoms with Crippen LogP contribution in [0.5, 0.6) is 0 Å². The first kappa shape index (κ1) is 18.0. The normalized spacial score (nSPS) is 24.1. The van der Waals surface area contributed by atoms with Crippen molar-refractivity contribution >= 4 is 6.09 Å². The lowest BCUT2D eigenvalue weighted by Crippen LogP contribution is -2.51. The van der Waals surface area contributed by atoms with E-state index in [0.717, 1.165) is 5.57 Å². The van der Waals surface area contributed by atoms with Crippen LogP contribution in [0.1, 0.15) is 48.5 Å². The second-order valence-electron chi connectivity index (χ2n) is 6.99. The molecule has 1 heterocycles. The SMILES string of the molecule is C/C=C(/CO)[C@@H](C)C1COC(C)(C)N1C(=O)OC(C)(C)C. The summed E-state index contributed by atoms with van der Waals surface area (Å²) in [4.78, 5) is 14.2. The van der Waals surface area contributed by atoms with Crippen molar-refractivity contribution in [2.24, 2.45) is 5.92 Å². The maximum atomic E-state index is 12.5. The van der Waals surface area contributed by atoms with Crippen molar-refractivity contribution in [3.63, 3.8) is 0 Å². The van der Waals surface area contributed by atoms with Gasteiger partial charge in [-0.05, 0) is 47.1 Å². The molecule has 0 aromatic carbocycles. The van der Waals surface area contributed by atoms with E-state index in [1.807, 2.05) is 54.5 Å². The van der Waals surface area contributed by atoms with Crippen molar-refractivity contribution < 1.29 is 19.4 Å². The summed E-state index contributed by atoms with van der Waals surface area (Å²) in [6.07, 6.45) is 1.51. The van der Waals surface area contributed by atoms with E-state index in [2.05, 4.69) is 0 Å². The molecule has 0 aromatic heterocycles. The van der Waals surface area contributed by atoms with Crippen LogP contribution >= 0.6 is 0 Å². The fraction of sp³-hybridized carbons (Fsp3) is 0.812. The van der Waals surface area contributed by atoms with Gasteiger partial charge in [0, 0.05) is 5.92 Å². The molecule has 0 bridgehead atoms. The Bertz CT molecular complexity index is 409. The maximum Gasteiger partial charge on any atom is 0.412 e. The van der Waals surface area contributed by atoms with Gasteiger partial charge in [0.1, 0.15) is 11.3 Å². The third-order valence-electron chi connectivity index (χ3n) is 3.82. The minimum absolute atomic E-state index is 0.00860. The number of aliphatic hydroxyl groups excluding tert-OH is 1. The van der Waals surface area contributed by atoms with Gasteiger partial charge in [0.05, 0.1) is 19.3 Å². The van der Waals surface area contributed by atoms with E-state index in [4.69, 9.17) is 9.47 Å². The van der Waals surface area contributed by atoms with E-state index in [1.165, 1.54) is 0 Å². The number of carbonyl (C=O) groups is 1. The van der Waals surface area contributed by atoms with Crippen molar-refractivity contribution in [1.82, 2.24) is 4.90 Å². The first-order chi connectivity index (χ1) is 9.53. The lowest BCUT2D eigenvalue weighted by atomic mass is 9.92. The molecule has 21 heavy (non-hydrogen) atoms. The van der Waals surface area contributed by atoms with Crippen molar-refractivity contribution in [2.45, 2.75) is 65.8 Å². The van der Waals surface area contributed by atoms with Gasteiger partial charge < -0.3 is 14.6 Å². The highest BCUT2D eigenvalue weighted by atomic mass is 16.6. The van der Waals surface area contributed by atoms with Gasteiger partial charge in [-0.2, -0.15) is 0 Å². The molecule has 5 nitrogen and oxygen atoms in total. The fourth-order valence-corrected chi connectivity index (χ4v) is 2.61. The Kier molecular flexibility index (Phi) is 5.45. The summed E-state index contributed by atoms with van der Waals surface area (Å²) in [5.74, 6) is 0.00860. The molecule has 1 N–H and O–H groups in total. The molecule has 1 aliphatic heterocycles. The van der Waals surface area contributed by atoms with Crippen molar-refractivity contribution in [3.05, 3.63) is 11.6 Å². The van der Waals surface area contributed by atoms with Gasteiger partial charge in [-0.1, -0.05) is 13.0 Å². The Hall–Kier alpha value is -1.07. The number of hydrogen-bond donors (Lipinski definition) is 1. The fourth-order valence-electron chi connectivity index (χ4n) is 2.61. The minimum Gasteiger partial charge on any atom is -0.444 e. The van der Waals surface area contributed by atoms with Crippen LogP contribution in [-0.2, 0) is 9.47 Å². The van der Waals surface area contributed by atoms with E-state index in [9.17, 15) is 9.90 Å². The molecule has 1 fully saturated rings. The Labute approximate surface area is 127 Å². The van der Waals surface area contributed by atoms with Gasteiger partial charge in [-0.15, -0.1) is 0 Å². The van der Waals surface area contributed by atoms with Gasteiger partial charge in [-0.25, -0.2) is 4.79 Å². The number of allylic oxidation sites excluding steroid dienone is 1. The summed E-state index contributed by atoms with van der Waals surface area (Å²) in [6.45, 7) is 13.6. The van der Waals surface area contributed by atoms with Crippen molar-refractivity contribution in [3.8, 4) is 0 Å². The summed E-state index contributed by atoms with van der Waals surface area (Å²) in [7, 11) is 0. The van der Waals surface area contributed by atoms with Crippen molar-refractivity contribution in [2.75, 3.05) is 13.2 Å². The molecule has 1 unspecified atom stereocenters. The standard InChI is InChI=1S/C16H29NO4/c1-8-12(9-18)11(2)13-10-20-16(6,7)17(13)14(19)21-15(3,4)5/h8,11,13,18H,9-10H2,1-7H3/b12-8-/t11-,13?/m1/s1. The van der Waals surface area contributed by atoms with Crippen LogP contribution in [0, 0.1) is 5.92 Å². The molecule has 0 saturated carbocycles. The van der Waals surface area contributed by atoms with Crippen LogP contribution in [-0.4, -0.2) is 46.7 Å². The van der Waals surface area contributed by atoms with E-state index in [-0.39, 0.29) is 24.7 Å². The van der Waals surface area contributed by atoms with Gasteiger partial charge in [-0.3, -0.25) is 4.90 Å². The summed E-state index contributed by atoms with van der Waals surface area (Å²) in [5, 5.41) is 9.45. The largest absolute Gasteiger partial charge is 0.444 e. The number of nitrogens with zero attached hydrogens (tertiary/aromatic N) is 1. The molecule has 1 aliphatic rings. The van der Waals surface area contributed by atoms with Crippen LogP contribution in [0.25, 0.3) is 0 Å². The van der Waals surface area contributed by atoms with Gasteiger partial charge in [0.15, 0.2) is 0 Å². The van der Waals surface area contributed by atoms with Gasteiger partial charge >= 0.3 is 6.09 Å². The summed E-state index contributed by atoms with van der Waals surface area (Å²) in [6, 6.07) is -0.145. The van der Waals surface area contributed by atoms with Crippen LogP contribution in [0.15, 0.2) is 11.6 Å². The molecule has 1 rings (SSSR count). The number of ether oxygens (including phenoxy) is 2. The van der Waals surface area contributed by atoms with E-state index in [1.54, 1.807) is 4.90 Å². The molecule has 1 saturated heterocycles. The lowest BCUT2D eigenvalue weighted by molar-refractivity contribution is -0.0637.